The van der Waals surface area contributed by atoms with Crippen LogP contribution in [-0.4, -0.2) is 17.6 Å². The van der Waals surface area contributed by atoms with Crippen molar-refractivity contribution in [3.63, 3.8) is 0 Å². The number of rotatable bonds is 2. The van der Waals surface area contributed by atoms with Crippen molar-refractivity contribution in [3.05, 3.63) is 53.3 Å². The van der Waals surface area contributed by atoms with Gasteiger partial charge in [-0.1, -0.05) is 6.07 Å². The summed E-state index contributed by atoms with van der Waals surface area (Å²) < 4.78 is 13.2. The molecule has 1 heterocycles. The number of phenolic OH excluding ortho intramolecular Hbond substituents is 1. The maximum Gasteiger partial charge on any atom is 0.259 e. The molecule has 0 saturated carbocycles. The fourth-order valence-electron chi connectivity index (χ4n) is 2.51. The molecule has 0 unspecified atom stereocenters. The molecule has 0 aliphatic carbocycles. The van der Waals surface area contributed by atoms with Crippen LogP contribution in [0.25, 0.3) is 0 Å². The summed E-state index contributed by atoms with van der Waals surface area (Å²) in [5.74, 6) is -1.32. The summed E-state index contributed by atoms with van der Waals surface area (Å²) in [4.78, 5) is 12.2. The standard InChI is InChI=1S/C16H15FN2O2/c17-10-6-7-15(20)12(9-10)16(21)19-14-5-1-4-13-11(14)3-2-8-18-13/h1,4-7,9,18,20H,2-3,8H2,(H,19,21). The van der Waals surface area contributed by atoms with E-state index < -0.39 is 11.7 Å². The van der Waals surface area contributed by atoms with Crippen molar-refractivity contribution in [1.29, 1.82) is 0 Å². The van der Waals surface area contributed by atoms with Crippen LogP contribution in [-0.2, 0) is 6.42 Å². The van der Waals surface area contributed by atoms with E-state index in [1.807, 2.05) is 12.1 Å². The Kier molecular flexibility index (Phi) is 3.48. The minimum atomic E-state index is -0.560. The highest BCUT2D eigenvalue weighted by Gasteiger charge is 2.17. The smallest absolute Gasteiger partial charge is 0.259 e. The van der Waals surface area contributed by atoms with Gasteiger partial charge in [0.2, 0.25) is 0 Å². The van der Waals surface area contributed by atoms with Crippen LogP contribution < -0.4 is 10.6 Å². The third kappa shape index (κ3) is 2.67. The molecule has 0 radical (unpaired) electrons. The molecule has 0 bridgehead atoms. The maximum atomic E-state index is 13.2. The number of hydrogen-bond donors (Lipinski definition) is 3. The Morgan fingerprint density at radius 2 is 2.14 bits per heavy atom. The third-order valence-corrected chi connectivity index (χ3v) is 3.55. The Hall–Kier alpha value is -2.56. The van der Waals surface area contributed by atoms with Crippen LogP contribution in [0, 0.1) is 5.82 Å². The molecule has 21 heavy (non-hydrogen) atoms. The number of carbonyl (C=O) groups is 1. The molecule has 1 aliphatic heterocycles. The molecule has 0 aromatic heterocycles. The van der Waals surface area contributed by atoms with Gasteiger partial charge in [-0.3, -0.25) is 4.79 Å². The lowest BCUT2D eigenvalue weighted by molar-refractivity contribution is 0.102. The molecule has 108 valence electrons. The van der Waals surface area contributed by atoms with Gasteiger partial charge in [0.25, 0.3) is 5.91 Å². The fraction of sp³-hybridized carbons (Fsp3) is 0.188. The number of halogens is 1. The molecule has 0 spiro atoms. The second kappa shape index (κ2) is 5.44. The van der Waals surface area contributed by atoms with E-state index in [0.29, 0.717) is 5.69 Å². The minimum Gasteiger partial charge on any atom is -0.507 e. The Bertz CT molecular complexity index is 701. The lowest BCUT2D eigenvalue weighted by atomic mass is 10.0. The third-order valence-electron chi connectivity index (χ3n) is 3.55. The van der Waals surface area contributed by atoms with E-state index in [4.69, 9.17) is 0 Å². The first-order valence-electron chi connectivity index (χ1n) is 6.81. The largest absolute Gasteiger partial charge is 0.507 e. The molecule has 0 atom stereocenters. The number of carbonyl (C=O) groups excluding carboxylic acids is 1. The van der Waals surface area contributed by atoms with E-state index in [1.165, 1.54) is 6.07 Å². The number of amides is 1. The number of anilines is 2. The average molecular weight is 286 g/mol. The molecule has 3 N–H and O–H groups in total. The van der Waals surface area contributed by atoms with Crippen LogP contribution in [0.2, 0.25) is 0 Å². The number of hydrogen-bond acceptors (Lipinski definition) is 3. The summed E-state index contributed by atoms with van der Waals surface area (Å²) in [7, 11) is 0. The first-order valence-corrected chi connectivity index (χ1v) is 6.81. The predicted octanol–water partition coefficient (Wildman–Crippen LogP) is 3.14. The summed E-state index contributed by atoms with van der Waals surface area (Å²) in [6.45, 7) is 0.912. The summed E-state index contributed by atoms with van der Waals surface area (Å²) in [6, 6.07) is 8.92. The summed E-state index contributed by atoms with van der Waals surface area (Å²) in [5, 5.41) is 15.7. The van der Waals surface area contributed by atoms with Gasteiger partial charge in [-0.15, -0.1) is 0 Å². The van der Waals surface area contributed by atoms with Gasteiger partial charge in [0.05, 0.1) is 5.56 Å². The fourth-order valence-corrected chi connectivity index (χ4v) is 2.51. The lowest BCUT2D eigenvalue weighted by Gasteiger charge is -2.21. The molecule has 1 aliphatic rings. The highest BCUT2D eigenvalue weighted by atomic mass is 19.1. The van der Waals surface area contributed by atoms with Crippen LogP contribution in [0.1, 0.15) is 22.3 Å². The van der Waals surface area contributed by atoms with Gasteiger partial charge in [-0.05, 0) is 48.7 Å². The molecular weight excluding hydrogens is 271 g/mol. The van der Waals surface area contributed by atoms with Gasteiger partial charge in [0.1, 0.15) is 11.6 Å². The van der Waals surface area contributed by atoms with Gasteiger partial charge in [0, 0.05) is 17.9 Å². The normalized spacial score (nSPS) is 13.2. The van der Waals surface area contributed by atoms with Crippen molar-refractivity contribution in [2.45, 2.75) is 12.8 Å². The van der Waals surface area contributed by atoms with Crippen molar-refractivity contribution in [2.75, 3.05) is 17.2 Å². The first-order chi connectivity index (χ1) is 10.1. The van der Waals surface area contributed by atoms with Crippen LogP contribution >= 0.6 is 0 Å². The molecule has 1 amide bonds. The second-order valence-electron chi connectivity index (χ2n) is 4.98. The highest BCUT2D eigenvalue weighted by molar-refractivity contribution is 6.06. The number of benzene rings is 2. The average Bonchev–Trinajstić information content (AvgIpc) is 2.50. The molecule has 2 aromatic rings. The Balaban J connectivity index is 1.90. The number of fused-ring (bicyclic) bond motifs is 1. The SMILES string of the molecule is O=C(Nc1cccc2c1CCCN2)c1cc(F)ccc1O. The maximum absolute atomic E-state index is 13.2. The number of aromatic hydroxyl groups is 1. The van der Waals surface area contributed by atoms with Crippen LogP contribution in [0.15, 0.2) is 36.4 Å². The summed E-state index contributed by atoms with van der Waals surface area (Å²) >= 11 is 0. The predicted molar refractivity (Wildman–Crippen MR) is 79.3 cm³/mol. The Labute approximate surface area is 121 Å². The van der Waals surface area contributed by atoms with Crippen molar-refractivity contribution in [3.8, 4) is 5.75 Å². The Morgan fingerprint density at radius 1 is 1.29 bits per heavy atom. The van der Waals surface area contributed by atoms with Crippen LogP contribution in [0.5, 0.6) is 5.75 Å². The Morgan fingerprint density at radius 3 is 3.00 bits per heavy atom. The number of phenols is 1. The zero-order chi connectivity index (χ0) is 14.8. The van der Waals surface area contributed by atoms with E-state index in [1.54, 1.807) is 6.07 Å². The topological polar surface area (TPSA) is 61.4 Å². The molecule has 4 nitrogen and oxygen atoms in total. The van der Waals surface area contributed by atoms with Crippen LogP contribution in [0.3, 0.4) is 0 Å². The molecule has 0 saturated heterocycles. The molecular formula is C16H15FN2O2. The lowest BCUT2D eigenvalue weighted by Crippen LogP contribution is -2.17. The quantitative estimate of drug-likeness (QED) is 0.794. The van der Waals surface area contributed by atoms with Gasteiger partial charge >= 0.3 is 0 Å². The van der Waals surface area contributed by atoms with Gasteiger partial charge in [0.15, 0.2) is 0 Å². The van der Waals surface area contributed by atoms with Gasteiger partial charge < -0.3 is 15.7 Å². The van der Waals surface area contributed by atoms with E-state index in [9.17, 15) is 14.3 Å². The molecule has 2 aromatic carbocycles. The molecule has 5 heteroatoms. The van der Waals surface area contributed by atoms with Crippen molar-refractivity contribution in [1.82, 2.24) is 0 Å². The number of nitrogens with one attached hydrogen (secondary N) is 2. The monoisotopic (exact) mass is 286 g/mol. The zero-order valence-electron chi connectivity index (χ0n) is 11.3. The minimum absolute atomic E-state index is 0.0728. The van der Waals surface area contributed by atoms with Crippen molar-refractivity contribution < 1.29 is 14.3 Å². The van der Waals surface area contributed by atoms with Crippen molar-refractivity contribution in [2.24, 2.45) is 0 Å². The van der Waals surface area contributed by atoms with E-state index >= 15 is 0 Å². The van der Waals surface area contributed by atoms with Gasteiger partial charge in [-0.25, -0.2) is 4.39 Å². The zero-order valence-corrected chi connectivity index (χ0v) is 11.3. The highest BCUT2D eigenvalue weighted by Crippen LogP contribution is 2.29. The van der Waals surface area contributed by atoms with Gasteiger partial charge in [-0.2, -0.15) is 0 Å². The first kappa shape index (κ1) is 13.4. The van der Waals surface area contributed by atoms with E-state index in [0.717, 1.165) is 42.8 Å². The molecule has 0 fully saturated rings. The van der Waals surface area contributed by atoms with E-state index in [-0.39, 0.29) is 11.3 Å². The summed E-state index contributed by atoms with van der Waals surface area (Å²) in [6.07, 6.45) is 1.86. The second-order valence-corrected chi connectivity index (χ2v) is 4.98. The van der Waals surface area contributed by atoms with Crippen LogP contribution in [0.4, 0.5) is 15.8 Å². The van der Waals surface area contributed by atoms with E-state index in [2.05, 4.69) is 10.6 Å². The summed E-state index contributed by atoms with van der Waals surface area (Å²) in [5.41, 5.74) is 2.65. The van der Waals surface area contributed by atoms with Crippen molar-refractivity contribution >= 4 is 17.3 Å². The molecule has 3 rings (SSSR count).